The predicted molar refractivity (Wildman–Crippen MR) is 146 cm³/mol. The Morgan fingerprint density at radius 2 is 1.73 bits per heavy atom. The van der Waals surface area contributed by atoms with E-state index in [-0.39, 0.29) is 24.0 Å². The zero-order valence-corrected chi connectivity index (χ0v) is 22.7. The summed E-state index contributed by atoms with van der Waals surface area (Å²) in [5.74, 6) is -7.58. The van der Waals surface area contributed by atoms with Crippen LogP contribution in [-0.2, 0) is 23.7 Å². The van der Waals surface area contributed by atoms with Crippen molar-refractivity contribution in [2.75, 3.05) is 0 Å². The van der Waals surface area contributed by atoms with E-state index in [9.17, 15) is 31.1 Å². The average Bonchev–Trinajstić information content (AvgIpc) is 3.65. The number of nitrogens with one attached hydrogen (secondary N) is 1. The molecule has 2 aliphatic carbocycles. The van der Waals surface area contributed by atoms with Crippen molar-refractivity contribution in [3.8, 4) is 11.1 Å². The molecule has 44 heavy (non-hydrogen) atoms. The van der Waals surface area contributed by atoms with Crippen molar-refractivity contribution in [2.24, 2.45) is 5.92 Å². The van der Waals surface area contributed by atoms with E-state index in [2.05, 4.69) is 25.4 Å². The first-order chi connectivity index (χ1) is 21.1. The summed E-state index contributed by atoms with van der Waals surface area (Å²) in [6.45, 7) is -0.776. The van der Waals surface area contributed by atoms with Crippen molar-refractivity contribution >= 4 is 16.9 Å². The summed E-state index contributed by atoms with van der Waals surface area (Å²) < 4.78 is 86.5. The largest absolute Gasteiger partial charge is 0.346 e. The van der Waals surface area contributed by atoms with Crippen LogP contribution in [0.25, 0.3) is 22.2 Å². The van der Waals surface area contributed by atoms with Crippen LogP contribution >= 0.6 is 0 Å². The molecule has 0 bridgehead atoms. The molecule has 1 N–H and O–H groups in total. The molecule has 0 spiro atoms. The molecule has 2 unspecified atom stereocenters. The maximum atomic E-state index is 14.7. The lowest BCUT2D eigenvalue weighted by Crippen LogP contribution is -2.34. The van der Waals surface area contributed by atoms with Gasteiger partial charge in [-0.2, -0.15) is 13.9 Å². The van der Waals surface area contributed by atoms with Gasteiger partial charge in [-0.1, -0.05) is 12.1 Å². The van der Waals surface area contributed by atoms with E-state index in [0.29, 0.717) is 38.6 Å². The van der Waals surface area contributed by atoms with Crippen molar-refractivity contribution < 1.29 is 31.1 Å². The van der Waals surface area contributed by atoms with Gasteiger partial charge in [0.2, 0.25) is 5.91 Å². The third-order valence-electron chi connectivity index (χ3n) is 8.12. The monoisotopic (exact) mass is 608 g/mol. The number of hydrogen-bond acceptors (Lipinski definition) is 5. The number of aromatic nitrogens is 5. The van der Waals surface area contributed by atoms with E-state index < -0.39 is 65.7 Å². The first kappa shape index (κ1) is 28.0. The summed E-state index contributed by atoms with van der Waals surface area (Å²) in [7, 11) is 0. The fourth-order valence-electron chi connectivity index (χ4n) is 6.17. The van der Waals surface area contributed by atoms with Gasteiger partial charge in [0, 0.05) is 41.7 Å². The Labute approximate surface area is 246 Å². The van der Waals surface area contributed by atoms with E-state index in [1.807, 2.05) is 0 Å². The highest BCUT2D eigenvalue weighted by molar-refractivity contribution is 5.82. The van der Waals surface area contributed by atoms with Gasteiger partial charge in [0.25, 0.3) is 12.3 Å². The van der Waals surface area contributed by atoms with Gasteiger partial charge < -0.3 is 5.32 Å². The molecule has 3 aromatic heterocycles. The molecule has 1 fully saturated rings. The van der Waals surface area contributed by atoms with Crippen molar-refractivity contribution in [1.82, 2.24) is 30.0 Å². The SMILES string of the molecule is O=C(Cn1nc2c(c1C(F)F)C1CC1C2(F)F)N[C@@H](Cc1cc(F)cc(F)c1)c1ncccc1-c1ccc2nccnc2c1. The van der Waals surface area contributed by atoms with Crippen molar-refractivity contribution in [1.29, 1.82) is 0 Å². The Balaban J connectivity index is 1.25. The predicted octanol–water partition coefficient (Wildman–Crippen LogP) is 6.41. The molecule has 13 heteroatoms. The minimum Gasteiger partial charge on any atom is -0.346 e. The summed E-state index contributed by atoms with van der Waals surface area (Å²) in [4.78, 5) is 26.5. The third kappa shape index (κ3) is 4.85. The number of rotatable bonds is 8. The second kappa shape index (κ2) is 10.4. The van der Waals surface area contributed by atoms with Crippen molar-refractivity contribution in [2.45, 2.75) is 43.7 Å². The number of fused-ring (bicyclic) bond motifs is 4. The molecule has 2 aromatic carbocycles. The van der Waals surface area contributed by atoms with E-state index >= 15 is 0 Å². The Hall–Kier alpha value is -4.81. The quantitative estimate of drug-likeness (QED) is 0.206. The number of benzene rings is 2. The summed E-state index contributed by atoms with van der Waals surface area (Å²) in [6.07, 6.45) is 1.41. The van der Waals surface area contributed by atoms with Crippen LogP contribution in [0.5, 0.6) is 0 Å². The molecule has 7 rings (SSSR count). The number of alkyl halides is 4. The summed E-state index contributed by atoms with van der Waals surface area (Å²) in [5, 5.41) is 6.49. The van der Waals surface area contributed by atoms with Gasteiger partial charge in [-0.25, -0.2) is 17.6 Å². The zero-order valence-electron chi connectivity index (χ0n) is 22.7. The molecule has 0 saturated heterocycles. The second-order valence-corrected chi connectivity index (χ2v) is 11.0. The van der Waals surface area contributed by atoms with Gasteiger partial charge in [-0.3, -0.25) is 24.4 Å². The summed E-state index contributed by atoms with van der Waals surface area (Å²) in [5.41, 5.74) is 1.39. The van der Waals surface area contributed by atoms with E-state index in [1.165, 1.54) is 12.4 Å². The van der Waals surface area contributed by atoms with E-state index in [0.717, 1.165) is 12.1 Å². The van der Waals surface area contributed by atoms with Crippen LogP contribution in [0.3, 0.4) is 0 Å². The lowest BCUT2D eigenvalue weighted by atomic mass is 9.95. The Morgan fingerprint density at radius 1 is 0.977 bits per heavy atom. The number of pyridine rings is 1. The van der Waals surface area contributed by atoms with Gasteiger partial charge in [0.05, 0.1) is 22.8 Å². The van der Waals surface area contributed by atoms with Gasteiger partial charge in [-0.05, 0) is 60.2 Å². The molecule has 0 aliphatic heterocycles. The number of nitrogens with zero attached hydrogens (tertiary/aromatic N) is 5. The van der Waals surface area contributed by atoms with Crippen LogP contribution in [-0.4, -0.2) is 30.6 Å². The van der Waals surface area contributed by atoms with Crippen LogP contribution in [0.2, 0.25) is 0 Å². The van der Waals surface area contributed by atoms with Crippen molar-refractivity contribution in [3.63, 3.8) is 0 Å². The Kier molecular flexibility index (Phi) is 6.63. The molecule has 2 aliphatic rings. The van der Waals surface area contributed by atoms with Crippen LogP contribution in [0.1, 0.15) is 53.0 Å². The highest BCUT2D eigenvalue weighted by Crippen LogP contribution is 2.67. The molecular weight excluding hydrogens is 586 g/mol. The Bertz CT molecular complexity index is 1910. The van der Waals surface area contributed by atoms with Gasteiger partial charge in [0.1, 0.15) is 29.6 Å². The number of halogens is 6. The fourth-order valence-corrected chi connectivity index (χ4v) is 6.17. The standard InChI is InChI=1S/C31H22F6N6O/c32-17-8-15(9-18(33)12-17)10-24(27-19(2-1-5-40-27)16-3-4-22-23(11-16)39-7-6-38-22)41-25(44)14-43-28(30(34)35)26-20-13-21(20)31(36,37)29(26)42-43/h1-9,11-12,20-21,24,30H,10,13-14H2,(H,41,44)/t20?,21?,24-/m0/s1. The topological polar surface area (TPSA) is 85.6 Å². The molecule has 224 valence electrons. The van der Waals surface area contributed by atoms with Crippen molar-refractivity contribution in [3.05, 3.63) is 107 Å². The van der Waals surface area contributed by atoms with Crippen LogP contribution in [0.15, 0.2) is 67.1 Å². The number of carbonyl (C=O) groups excluding carboxylic acids is 1. The summed E-state index contributed by atoms with van der Waals surface area (Å²) in [6, 6.07) is 10.6. The number of amides is 1. The first-order valence-corrected chi connectivity index (χ1v) is 13.8. The molecule has 7 nitrogen and oxygen atoms in total. The van der Waals surface area contributed by atoms with Gasteiger partial charge >= 0.3 is 0 Å². The maximum absolute atomic E-state index is 14.7. The van der Waals surface area contributed by atoms with Gasteiger partial charge in [-0.15, -0.1) is 0 Å². The van der Waals surface area contributed by atoms with E-state index in [4.69, 9.17) is 0 Å². The zero-order chi connectivity index (χ0) is 30.7. The molecule has 1 saturated carbocycles. The van der Waals surface area contributed by atoms with Crippen LogP contribution < -0.4 is 5.32 Å². The van der Waals surface area contributed by atoms with E-state index in [1.54, 1.807) is 36.5 Å². The average molecular weight is 609 g/mol. The lowest BCUT2D eigenvalue weighted by Gasteiger charge is -2.22. The third-order valence-corrected chi connectivity index (χ3v) is 8.12. The molecule has 3 heterocycles. The molecule has 0 radical (unpaired) electrons. The maximum Gasteiger partial charge on any atom is 0.295 e. The number of carbonyl (C=O) groups is 1. The Morgan fingerprint density at radius 3 is 2.48 bits per heavy atom. The van der Waals surface area contributed by atoms with Gasteiger partial charge in [0.15, 0.2) is 0 Å². The minimum atomic E-state index is -3.34. The molecular formula is C31H22F6N6O. The lowest BCUT2D eigenvalue weighted by molar-refractivity contribution is -0.122. The summed E-state index contributed by atoms with van der Waals surface area (Å²) >= 11 is 0. The normalized spacial score (nSPS) is 18.7. The highest BCUT2D eigenvalue weighted by atomic mass is 19.3. The fraction of sp³-hybridized carbons (Fsp3) is 0.258. The minimum absolute atomic E-state index is 0.0900. The molecule has 1 amide bonds. The van der Waals surface area contributed by atoms with Crippen LogP contribution in [0.4, 0.5) is 26.3 Å². The highest BCUT2D eigenvalue weighted by Gasteiger charge is 2.67. The smallest absolute Gasteiger partial charge is 0.295 e. The van der Waals surface area contributed by atoms with Crippen LogP contribution in [0, 0.1) is 17.6 Å². The first-order valence-electron chi connectivity index (χ1n) is 13.8. The molecule has 5 aromatic rings. The molecule has 3 atom stereocenters. The number of hydrogen-bond donors (Lipinski definition) is 1. The second-order valence-electron chi connectivity index (χ2n) is 11.0.